The topological polar surface area (TPSA) is 49.3 Å². The van der Waals surface area contributed by atoms with E-state index in [4.69, 9.17) is 5.11 Å². The third-order valence-electron chi connectivity index (χ3n) is 2.74. The van der Waals surface area contributed by atoms with E-state index in [1.807, 2.05) is 6.07 Å². The number of nitrogens with one attached hydrogen (secondary N) is 1. The molecule has 0 aliphatic rings. The molecule has 1 aromatic carbocycles. The zero-order chi connectivity index (χ0) is 13.9. The first-order chi connectivity index (χ1) is 9.22. The Bertz CT molecular complexity index is 382. The number of aryl methyl sites for hydroxylation is 2. The Morgan fingerprint density at radius 2 is 2.21 bits per heavy atom. The van der Waals surface area contributed by atoms with Crippen molar-refractivity contribution in [3.05, 3.63) is 35.4 Å². The zero-order valence-electron chi connectivity index (χ0n) is 11.5. The van der Waals surface area contributed by atoms with Crippen LogP contribution in [0, 0.1) is 6.92 Å². The van der Waals surface area contributed by atoms with E-state index in [0.717, 1.165) is 24.3 Å². The number of aliphatic hydroxyl groups is 1. The van der Waals surface area contributed by atoms with E-state index in [2.05, 4.69) is 30.4 Å². The molecule has 106 valence electrons. The van der Waals surface area contributed by atoms with Crippen LogP contribution >= 0.6 is 11.8 Å². The molecule has 0 aliphatic carbocycles. The van der Waals surface area contributed by atoms with Gasteiger partial charge in [0.2, 0.25) is 5.91 Å². The van der Waals surface area contributed by atoms with Gasteiger partial charge in [-0.25, -0.2) is 0 Å². The van der Waals surface area contributed by atoms with Crippen molar-refractivity contribution in [2.75, 3.05) is 24.7 Å². The number of thioether (sulfide) groups is 1. The first-order valence-corrected chi connectivity index (χ1v) is 7.88. The van der Waals surface area contributed by atoms with Crippen LogP contribution in [0.2, 0.25) is 0 Å². The van der Waals surface area contributed by atoms with Crippen molar-refractivity contribution in [3.8, 4) is 0 Å². The molecular weight excluding hydrogens is 258 g/mol. The number of amides is 1. The molecule has 19 heavy (non-hydrogen) atoms. The largest absolute Gasteiger partial charge is 0.396 e. The molecule has 0 bridgehead atoms. The number of carbonyl (C=O) groups excluding carboxylic acids is 1. The summed E-state index contributed by atoms with van der Waals surface area (Å²) in [6.45, 7) is 3.02. The highest BCUT2D eigenvalue weighted by molar-refractivity contribution is 7.99. The van der Waals surface area contributed by atoms with Crippen LogP contribution in [-0.2, 0) is 11.2 Å². The smallest absolute Gasteiger partial charge is 0.220 e. The van der Waals surface area contributed by atoms with Crippen molar-refractivity contribution in [1.82, 2.24) is 5.32 Å². The molecule has 0 radical (unpaired) electrons. The third kappa shape index (κ3) is 7.90. The highest BCUT2D eigenvalue weighted by atomic mass is 32.2. The minimum absolute atomic E-state index is 0.115. The van der Waals surface area contributed by atoms with Crippen LogP contribution in [0.25, 0.3) is 0 Å². The van der Waals surface area contributed by atoms with E-state index in [-0.39, 0.29) is 12.5 Å². The minimum atomic E-state index is 0.115. The summed E-state index contributed by atoms with van der Waals surface area (Å²) in [5.74, 6) is 1.98. The van der Waals surface area contributed by atoms with Crippen molar-refractivity contribution in [3.63, 3.8) is 0 Å². The Kier molecular flexibility index (Phi) is 8.34. The van der Waals surface area contributed by atoms with Crippen LogP contribution in [0.3, 0.4) is 0 Å². The molecule has 2 N–H and O–H groups in total. The van der Waals surface area contributed by atoms with Crippen LogP contribution in [0.5, 0.6) is 0 Å². The van der Waals surface area contributed by atoms with Gasteiger partial charge in [0, 0.05) is 25.3 Å². The summed E-state index contributed by atoms with van der Waals surface area (Å²) >= 11 is 1.76. The summed E-state index contributed by atoms with van der Waals surface area (Å²) in [4.78, 5) is 11.6. The second-order valence-electron chi connectivity index (χ2n) is 4.53. The second-order valence-corrected chi connectivity index (χ2v) is 5.75. The Morgan fingerprint density at radius 1 is 1.37 bits per heavy atom. The molecule has 1 rings (SSSR count). The molecule has 0 saturated heterocycles. The molecule has 0 heterocycles. The van der Waals surface area contributed by atoms with Gasteiger partial charge in [0.25, 0.3) is 0 Å². The van der Waals surface area contributed by atoms with Crippen LogP contribution in [-0.4, -0.2) is 35.7 Å². The molecule has 0 atom stereocenters. The first-order valence-electron chi connectivity index (χ1n) is 6.73. The van der Waals surface area contributed by atoms with E-state index in [9.17, 15) is 4.79 Å². The van der Waals surface area contributed by atoms with Gasteiger partial charge in [0.05, 0.1) is 0 Å². The summed E-state index contributed by atoms with van der Waals surface area (Å²) < 4.78 is 0. The van der Waals surface area contributed by atoms with E-state index in [1.165, 1.54) is 11.1 Å². The van der Waals surface area contributed by atoms with Gasteiger partial charge in [0.1, 0.15) is 0 Å². The Labute approximate surface area is 119 Å². The molecule has 0 fully saturated rings. The van der Waals surface area contributed by atoms with Gasteiger partial charge < -0.3 is 10.4 Å². The van der Waals surface area contributed by atoms with Crippen LogP contribution in [0.15, 0.2) is 24.3 Å². The monoisotopic (exact) mass is 281 g/mol. The van der Waals surface area contributed by atoms with E-state index < -0.39 is 0 Å². The number of aliphatic hydroxyl groups excluding tert-OH is 1. The molecular formula is C15H23NO2S. The summed E-state index contributed by atoms with van der Waals surface area (Å²) in [5.41, 5.74) is 2.45. The maximum absolute atomic E-state index is 11.6. The normalized spacial score (nSPS) is 10.4. The predicted molar refractivity (Wildman–Crippen MR) is 81.5 cm³/mol. The van der Waals surface area contributed by atoms with E-state index >= 15 is 0 Å². The molecule has 4 heteroatoms. The average molecular weight is 281 g/mol. The van der Waals surface area contributed by atoms with E-state index in [0.29, 0.717) is 13.0 Å². The van der Waals surface area contributed by atoms with Crippen molar-refractivity contribution >= 4 is 17.7 Å². The lowest BCUT2D eigenvalue weighted by Crippen LogP contribution is -2.26. The Balaban J connectivity index is 2.08. The average Bonchev–Trinajstić information content (AvgIpc) is 2.40. The van der Waals surface area contributed by atoms with Gasteiger partial charge in [-0.1, -0.05) is 29.8 Å². The summed E-state index contributed by atoms with van der Waals surface area (Å²) in [7, 11) is 0. The molecule has 0 aliphatic heterocycles. The van der Waals surface area contributed by atoms with Crippen molar-refractivity contribution in [2.45, 2.75) is 26.2 Å². The van der Waals surface area contributed by atoms with Gasteiger partial charge in [-0.05, 0) is 31.1 Å². The first kappa shape index (κ1) is 16.1. The van der Waals surface area contributed by atoms with Gasteiger partial charge in [0.15, 0.2) is 0 Å². The molecule has 1 aromatic rings. The third-order valence-corrected chi connectivity index (χ3v) is 3.81. The fourth-order valence-electron chi connectivity index (χ4n) is 1.75. The quantitative estimate of drug-likeness (QED) is 0.682. The van der Waals surface area contributed by atoms with Crippen molar-refractivity contribution < 1.29 is 9.90 Å². The summed E-state index contributed by atoms with van der Waals surface area (Å²) in [6, 6.07) is 8.27. The Morgan fingerprint density at radius 3 is 2.95 bits per heavy atom. The fourth-order valence-corrected chi connectivity index (χ4v) is 2.53. The van der Waals surface area contributed by atoms with Gasteiger partial charge in [-0.2, -0.15) is 11.8 Å². The zero-order valence-corrected chi connectivity index (χ0v) is 12.3. The minimum Gasteiger partial charge on any atom is -0.396 e. The highest BCUT2D eigenvalue weighted by Gasteiger charge is 2.01. The number of carbonyl (C=O) groups is 1. The molecule has 0 spiro atoms. The van der Waals surface area contributed by atoms with E-state index in [1.54, 1.807) is 11.8 Å². The molecule has 0 unspecified atom stereocenters. The molecule has 0 saturated carbocycles. The number of hydrogen-bond donors (Lipinski definition) is 2. The lowest BCUT2D eigenvalue weighted by molar-refractivity contribution is -0.120. The Hall–Kier alpha value is -1.00. The number of benzene rings is 1. The fraction of sp³-hybridized carbons (Fsp3) is 0.533. The predicted octanol–water partition coefficient (Wildman–Crippen LogP) is 2.16. The maximum Gasteiger partial charge on any atom is 0.220 e. The van der Waals surface area contributed by atoms with Gasteiger partial charge in [-0.3, -0.25) is 4.79 Å². The lowest BCUT2D eigenvalue weighted by atomic mass is 10.1. The van der Waals surface area contributed by atoms with Gasteiger partial charge >= 0.3 is 0 Å². The van der Waals surface area contributed by atoms with Crippen LogP contribution < -0.4 is 5.32 Å². The summed E-state index contributed by atoms with van der Waals surface area (Å²) in [5, 5.41) is 11.5. The lowest BCUT2D eigenvalue weighted by Gasteiger charge is -2.05. The highest BCUT2D eigenvalue weighted by Crippen LogP contribution is 2.06. The standard InChI is InChI=1S/C15H23NO2S/c1-13-4-2-5-14(12-13)6-7-15(18)16-8-11-19-10-3-9-17/h2,4-5,12,17H,3,6-11H2,1H3,(H,16,18). The second kappa shape index (κ2) is 9.87. The molecule has 1 amide bonds. The molecule has 3 nitrogen and oxygen atoms in total. The number of hydrogen-bond acceptors (Lipinski definition) is 3. The van der Waals surface area contributed by atoms with Crippen LogP contribution in [0.1, 0.15) is 24.0 Å². The molecule has 0 aromatic heterocycles. The summed E-state index contributed by atoms with van der Waals surface area (Å²) in [6.07, 6.45) is 2.17. The number of rotatable bonds is 9. The van der Waals surface area contributed by atoms with Gasteiger partial charge in [-0.15, -0.1) is 0 Å². The van der Waals surface area contributed by atoms with Crippen LogP contribution in [0.4, 0.5) is 0 Å². The van der Waals surface area contributed by atoms with Crippen molar-refractivity contribution in [1.29, 1.82) is 0 Å². The van der Waals surface area contributed by atoms with Crippen molar-refractivity contribution in [2.24, 2.45) is 0 Å². The maximum atomic E-state index is 11.6. The SMILES string of the molecule is Cc1cccc(CCC(=O)NCCSCCCO)c1.